The lowest BCUT2D eigenvalue weighted by atomic mass is 9.72. The van der Waals surface area contributed by atoms with Crippen LogP contribution in [-0.2, 0) is 4.79 Å². The number of likely N-dealkylation sites (tertiary alicyclic amines) is 1. The van der Waals surface area contributed by atoms with Crippen molar-refractivity contribution in [1.82, 2.24) is 4.90 Å². The minimum atomic E-state index is -0.690. The molecule has 1 aromatic rings. The molecule has 1 saturated carbocycles. The van der Waals surface area contributed by atoms with Crippen LogP contribution in [-0.4, -0.2) is 66.6 Å². The van der Waals surface area contributed by atoms with Crippen LogP contribution in [0.25, 0.3) is 0 Å². The predicted molar refractivity (Wildman–Crippen MR) is 104 cm³/mol. The normalized spacial score (nSPS) is 26.8. The van der Waals surface area contributed by atoms with Crippen molar-refractivity contribution in [3.8, 4) is 11.5 Å². The lowest BCUT2D eigenvalue weighted by Crippen LogP contribution is -2.69. The summed E-state index contributed by atoms with van der Waals surface area (Å²) in [6.45, 7) is 5.06. The summed E-state index contributed by atoms with van der Waals surface area (Å²) < 4.78 is 11.4. The molecule has 7 nitrogen and oxygen atoms in total. The molecule has 0 aromatic heterocycles. The summed E-state index contributed by atoms with van der Waals surface area (Å²) in [5.41, 5.74) is 4.24. The summed E-state index contributed by atoms with van der Waals surface area (Å²) in [6, 6.07) is 5.16. The predicted octanol–water partition coefficient (Wildman–Crippen LogP) is 0.400. The van der Waals surface area contributed by atoms with E-state index in [1.54, 1.807) is 18.9 Å². The van der Waals surface area contributed by atoms with E-state index < -0.39 is 17.6 Å². The van der Waals surface area contributed by atoms with E-state index in [1.165, 1.54) is 12.8 Å². The van der Waals surface area contributed by atoms with Gasteiger partial charge in [-0.05, 0) is 43.4 Å². The summed E-state index contributed by atoms with van der Waals surface area (Å²) in [6.07, 6.45) is 1.81. The van der Waals surface area contributed by atoms with Crippen LogP contribution in [0.15, 0.2) is 18.2 Å². The number of aliphatic hydroxyl groups is 2. The van der Waals surface area contributed by atoms with E-state index in [0.717, 1.165) is 5.56 Å². The summed E-state index contributed by atoms with van der Waals surface area (Å²) in [5.74, 6) is 1.78. The first-order chi connectivity index (χ1) is 13.3. The molecule has 0 radical (unpaired) electrons. The van der Waals surface area contributed by atoms with Gasteiger partial charge in [0.05, 0.1) is 19.8 Å². The molecular weight excluding hydrogens is 360 g/mol. The smallest absolute Gasteiger partial charge is 0.283 e. The quantitative estimate of drug-likeness (QED) is 0.593. The molecule has 4 atom stereocenters. The molecule has 2 fully saturated rings. The molecule has 1 amide bonds. The Kier molecular flexibility index (Phi) is 6.17. The maximum atomic E-state index is 12.6. The minimum Gasteiger partial charge on any atom is -0.493 e. The second-order valence-corrected chi connectivity index (χ2v) is 8.50. The summed E-state index contributed by atoms with van der Waals surface area (Å²) in [5, 5.41) is 19.8. The summed E-state index contributed by atoms with van der Waals surface area (Å²) in [4.78, 5) is 14.3. The molecule has 7 heteroatoms. The van der Waals surface area contributed by atoms with Crippen LogP contribution in [0.3, 0.4) is 0 Å². The number of amides is 1. The van der Waals surface area contributed by atoms with Crippen LogP contribution >= 0.6 is 0 Å². The highest BCUT2D eigenvalue weighted by Gasteiger charge is 2.49. The highest BCUT2D eigenvalue weighted by molar-refractivity contribution is 5.81. The number of benzene rings is 1. The van der Waals surface area contributed by atoms with Gasteiger partial charge in [0.15, 0.2) is 17.5 Å². The summed E-state index contributed by atoms with van der Waals surface area (Å²) in [7, 11) is 1.62. The zero-order valence-corrected chi connectivity index (χ0v) is 17.1. The molecule has 1 aliphatic carbocycles. The largest absolute Gasteiger partial charge is 0.493 e. The molecule has 1 aliphatic heterocycles. The number of ether oxygens (including phenoxy) is 2. The fourth-order valence-electron chi connectivity index (χ4n) is 3.94. The van der Waals surface area contributed by atoms with Crippen LogP contribution in [0, 0.1) is 11.3 Å². The van der Waals surface area contributed by atoms with Crippen molar-refractivity contribution in [2.24, 2.45) is 11.3 Å². The number of methoxy groups -OCH3 is 1. The van der Waals surface area contributed by atoms with Gasteiger partial charge >= 0.3 is 0 Å². The lowest BCUT2D eigenvalue weighted by Gasteiger charge is -2.34. The van der Waals surface area contributed by atoms with Crippen molar-refractivity contribution in [1.29, 1.82) is 0 Å². The van der Waals surface area contributed by atoms with Crippen molar-refractivity contribution < 1.29 is 30.2 Å². The van der Waals surface area contributed by atoms with Crippen LogP contribution < -0.4 is 15.2 Å². The number of hydrogen-bond donors (Lipinski definition) is 3. The van der Waals surface area contributed by atoms with E-state index in [2.05, 4.69) is 5.73 Å². The number of hydrogen-bond acceptors (Lipinski definition) is 5. The molecule has 1 aromatic carbocycles. The molecule has 156 valence electrons. The van der Waals surface area contributed by atoms with Crippen LogP contribution in [0.4, 0.5) is 0 Å². The van der Waals surface area contributed by atoms with Gasteiger partial charge in [0.2, 0.25) is 0 Å². The van der Waals surface area contributed by atoms with Gasteiger partial charge in [-0.15, -0.1) is 0 Å². The third kappa shape index (κ3) is 4.11. The van der Waals surface area contributed by atoms with E-state index in [-0.39, 0.29) is 18.4 Å². The minimum absolute atomic E-state index is 0.0588. The first-order valence-corrected chi connectivity index (χ1v) is 10.0. The maximum absolute atomic E-state index is 12.6. The number of carbonyl (C=O) groups excluding carboxylic acids is 1. The fraction of sp³-hybridized carbons (Fsp3) is 0.667. The average Bonchev–Trinajstić information content (AvgIpc) is 3.45. The van der Waals surface area contributed by atoms with E-state index in [0.29, 0.717) is 37.1 Å². The van der Waals surface area contributed by atoms with Crippen molar-refractivity contribution >= 4 is 5.91 Å². The number of nitrogens with zero attached hydrogens (tertiary/aromatic N) is 1. The van der Waals surface area contributed by atoms with Gasteiger partial charge in [-0.2, -0.15) is 0 Å². The zero-order valence-electron chi connectivity index (χ0n) is 17.1. The van der Waals surface area contributed by atoms with Crippen LogP contribution in [0.5, 0.6) is 11.5 Å². The van der Waals surface area contributed by atoms with E-state index in [1.807, 2.05) is 25.1 Å². The molecule has 2 aliphatic rings. The molecule has 0 unspecified atom stereocenters. The Balaban J connectivity index is 1.88. The van der Waals surface area contributed by atoms with Gasteiger partial charge < -0.3 is 30.3 Å². The zero-order chi connectivity index (χ0) is 20.5. The monoisotopic (exact) mass is 393 g/mol. The lowest BCUT2D eigenvalue weighted by molar-refractivity contribution is -0.410. The molecular formula is C21H33N2O5+. The van der Waals surface area contributed by atoms with Crippen molar-refractivity contribution in [3.05, 3.63) is 23.8 Å². The molecule has 1 heterocycles. The van der Waals surface area contributed by atoms with E-state index in [4.69, 9.17) is 9.47 Å². The SMILES string of the molecule is COc1ccc([C@@H]2CN(C(=O)[C@H]([NH3+])CO)C[C@@]2(C)[C@@H](C)O)cc1OCC1CC1. The average molecular weight is 394 g/mol. The van der Waals surface area contributed by atoms with Crippen LogP contribution in [0.2, 0.25) is 0 Å². The third-order valence-corrected chi connectivity index (χ3v) is 6.33. The summed E-state index contributed by atoms with van der Waals surface area (Å²) >= 11 is 0. The Hall–Kier alpha value is -1.83. The van der Waals surface area contributed by atoms with Gasteiger partial charge in [-0.3, -0.25) is 4.79 Å². The Bertz CT molecular complexity index is 706. The number of carbonyl (C=O) groups is 1. The van der Waals surface area contributed by atoms with Gasteiger partial charge in [0, 0.05) is 24.4 Å². The molecule has 0 bridgehead atoms. The van der Waals surface area contributed by atoms with Gasteiger partial charge in [-0.1, -0.05) is 13.0 Å². The Morgan fingerprint density at radius 1 is 1.39 bits per heavy atom. The number of rotatable bonds is 8. The second kappa shape index (κ2) is 8.27. The van der Waals surface area contributed by atoms with Gasteiger partial charge in [0.1, 0.15) is 6.61 Å². The van der Waals surface area contributed by atoms with Crippen molar-refractivity contribution in [2.75, 3.05) is 33.4 Å². The van der Waals surface area contributed by atoms with E-state index >= 15 is 0 Å². The first-order valence-electron chi connectivity index (χ1n) is 10.0. The van der Waals surface area contributed by atoms with Crippen LogP contribution in [0.1, 0.15) is 38.2 Å². The van der Waals surface area contributed by atoms with Crippen molar-refractivity contribution in [2.45, 2.75) is 44.8 Å². The topological polar surface area (TPSA) is 107 Å². The highest BCUT2D eigenvalue weighted by Crippen LogP contribution is 2.47. The highest BCUT2D eigenvalue weighted by atomic mass is 16.5. The Morgan fingerprint density at radius 2 is 2.11 bits per heavy atom. The fourth-order valence-corrected chi connectivity index (χ4v) is 3.94. The molecule has 0 spiro atoms. The first kappa shape index (κ1) is 20.9. The third-order valence-electron chi connectivity index (χ3n) is 6.33. The molecule has 1 saturated heterocycles. The Labute approximate surface area is 166 Å². The molecule has 5 N–H and O–H groups in total. The van der Waals surface area contributed by atoms with Crippen molar-refractivity contribution in [3.63, 3.8) is 0 Å². The second-order valence-electron chi connectivity index (χ2n) is 8.50. The molecule has 28 heavy (non-hydrogen) atoms. The Morgan fingerprint density at radius 3 is 2.68 bits per heavy atom. The van der Waals surface area contributed by atoms with E-state index in [9.17, 15) is 15.0 Å². The van der Waals surface area contributed by atoms with Gasteiger partial charge in [0.25, 0.3) is 5.91 Å². The maximum Gasteiger partial charge on any atom is 0.283 e. The standard InChI is InChI=1S/C21H32N2O5/c1-13(25)21(2)12-23(20(26)17(22)10-24)9-16(21)15-6-7-18(27-3)19(8-15)28-11-14-4-5-14/h6-8,13-14,16-17,24-25H,4-5,9-12,22H2,1-3H3/p+1/t13-,16+,17-,21+/m1/s1. The molecule has 3 rings (SSSR count). The van der Waals surface area contributed by atoms with Gasteiger partial charge in [-0.25, -0.2) is 0 Å². The number of quaternary nitrogens is 1. The number of aliphatic hydroxyl groups excluding tert-OH is 2.